The van der Waals surface area contributed by atoms with Gasteiger partial charge in [0.05, 0.1) is 6.04 Å². The van der Waals surface area contributed by atoms with Crippen molar-refractivity contribution in [1.29, 1.82) is 0 Å². The van der Waals surface area contributed by atoms with Crippen molar-refractivity contribution < 1.29 is 0 Å². The largest absolute Gasteiger partial charge is 0.329 e. The molecule has 0 aromatic heterocycles. The van der Waals surface area contributed by atoms with E-state index in [2.05, 4.69) is 24.3 Å². The van der Waals surface area contributed by atoms with Crippen LogP contribution in [0.25, 0.3) is 0 Å². The molecule has 3 heteroatoms. The lowest BCUT2D eigenvalue weighted by Gasteiger charge is -2.13. The van der Waals surface area contributed by atoms with Gasteiger partial charge in [-0.1, -0.05) is 60.7 Å². The molecule has 2 aromatic carbocycles. The van der Waals surface area contributed by atoms with Crippen LogP contribution in [0.5, 0.6) is 0 Å². The van der Waals surface area contributed by atoms with Gasteiger partial charge in [0, 0.05) is 12.1 Å². The molecule has 108 valence electrons. The standard InChI is InChI=1S/C13H13N.C4H12N2/c14-13(11-7-3-1-4-8-11)12-9-5-2-6-10-12;1-4(2,6)3-5/h1-10,13H,14H2;3,5-6H2,1-2H3. The van der Waals surface area contributed by atoms with Crippen molar-refractivity contribution in [3.05, 3.63) is 71.8 Å². The number of rotatable bonds is 3. The molecule has 0 saturated heterocycles. The molecule has 3 nitrogen and oxygen atoms in total. The molecule has 0 aliphatic rings. The molecule has 0 saturated carbocycles. The van der Waals surface area contributed by atoms with Gasteiger partial charge in [-0.15, -0.1) is 0 Å². The van der Waals surface area contributed by atoms with E-state index in [1.165, 1.54) is 0 Å². The molecule has 0 spiro atoms. The topological polar surface area (TPSA) is 78.1 Å². The molecule has 0 amide bonds. The Morgan fingerprint density at radius 3 is 1.40 bits per heavy atom. The molecule has 0 aliphatic carbocycles. The smallest absolute Gasteiger partial charge is 0.0551 e. The van der Waals surface area contributed by atoms with E-state index in [-0.39, 0.29) is 11.6 Å². The van der Waals surface area contributed by atoms with Crippen LogP contribution in [0.3, 0.4) is 0 Å². The summed E-state index contributed by atoms with van der Waals surface area (Å²) in [6, 6.07) is 20.2. The molecule has 0 heterocycles. The third-order valence-corrected chi connectivity index (χ3v) is 2.84. The number of nitrogens with two attached hydrogens (primary N) is 3. The molecule has 0 unspecified atom stereocenters. The molecule has 0 bridgehead atoms. The van der Waals surface area contributed by atoms with Gasteiger partial charge in [-0.2, -0.15) is 0 Å². The Morgan fingerprint density at radius 1 is 0.850 bits per heavy atom. The first kappa shape index (κ1) is 16.4. The maximum absolute atomic E-state index is 6.12. The summed E-state index contributed by atoms with van der Waals surface area (Å²) < 4.78 is 0. The van der Waals surface area contributed by atoms with Gasteiger partial charge in [-0.05, 0) is 25.0 Å². The van der Waals surface area contributed by atoms with Gasteiger partial charge in [0.1, 0.15) is 0 Å². The molecule has 0 radical (unpaired) electrons. The second kappa shape index (κ2) is 7.80. The minimum Gasteiger partial charge on any atom is -0.329 e. The second-order valence-electron chi connectivity index (χ2n) is 5.49. The molecule has 2 rings (SSSR count). The molecule has 0 atom stereocenters. The first-order valence-electron chi connectivity index (χ1n) is 6.78. The van der Waals surface area contributed by atoms with E-state index >= 15 is 0 Å². The van der Waals surface area contributed by atoms with E-state index in [0.29, 0.717) is 6.54 Å². The minimum atomic E-state index is -0.181. The molecular formula is C17H25N3. The molecular weight excluding hydrogens is 246 g/mol. The zero-order chi connectivity index (χ0) is 15.0. The fourth-order valence-electron chi connectivity index (χ4n) is 1.51. The van der Waals surface area contributed by atoms with Crippen molar-refractivity contribution in [2.24, 2.45) is 17.2 Å². The van der Waals surface area contributed by atoms with Crippen LogP contribution in [-0.2, 0) is 0 Å². The van der Waals surface area contributed by atoms with E-state index in [0.717, 1.165) is 11.1 Å². The summed E-state index contributed by atoms with van der Waals surface area (Å²) in [6.07, 6.45) is 0. The Labute approximate surface area is 121 Å². The van der Waals surface area contributed by atoms with E-state index in [9.17, 15) is 0 Å². The van der Waals surface area contributed by atoms with E-state index in [1.807, 2.05) is 50.2 Å². The first-order chi connectivity index (χ1) is 9.44. The van der Waals surface area contributed by atoms with Crippen LogP contribution >= 0.6 is 0 Å². The molecule has 6 N–H and O–H groups in total. The molecule has 20 heavy (non-hydrogen) atoms. The molecule has 0 aliphatic heterocycles. The Morgan fingerprint density at radius 2 is 1.15 bits per heavy atom. The molecule has 2 aromatic rings. The van der Waals surface area contributed by atoms with Crippen LogP contribution in [0.1, 0.15) is 31.0 Å². The van der Waals surface area contributed by atoms with Crippen molar-refractivity contribution in [3.63, 3.8) is 0 Å². The lowest BCUT2D eigenvalue weighted by Crippen LogP contribution is -2.40. The predicted octanol–water partition coefficient (Wildman–Crippen LogP) is 2.42. The summed E-state index contributed by atoms with van der Waals surface area (Å²) in [5.74, 6) is 0. The average molecular weight is 271 g/mol. The zero-order valence-electron chi connectivity index (χ0n) is 12.3. The van der Waals surface area contributed by atoms with Gasteiger partial charge >= 0.3 is 0 Å². The Balaban J connectivity index is 0.000000286. The molecule has 0 fully saturated rings. The summed E-state index contributed by atoms with van der Waals surface area (Å²) in [4.78, 5) is 0. The SMILES string of the molecule is CC(C)(N)CN.NC(c1ccccc1)c1ccccc1. The van der Waals surface area contributed by atoms with Gasteiger partial charge < -0.3 is 17.2 Å². The zero-order valence-corrected chi connectivity index (χ0v) is 12.3. The van der Waals surface area contributed by atoms with Gasteiger partial charge in [0.15, 0.2) is 0 Å². The Bertz CT molecular complexity index is 435. The summed E-state index contributed by atoms with van der Waals surface area (Å²) in [7, 11) is 0. The van der Waals surface area contributed by atoms with Crippen LogP contribution in [0, 0.1) is 0 Å². The maximum atomic E-state index is 6.12. The number of hydrogen-bond donors (Lipinski definition) is 3. The highest BCUT2D eigenvalue weighted by molar-refractivity contribution is 5.30. The summed E-state index contributed by atoms with van der Waals surface area (Å²) in [5, 5.41) is 0. The quantitative estimate of drug-likeness (QED) is 0.802. The van der Waals surface area contributed by atoms with Crippen molar-refractivity contribution in [1.82, 2.24) is 0 Å². The third-order valence-electron chi connectivity index (χ3n) is 2.84. The minimum absolute atomic E-state index is 0.0163. The van der Waals surface area contributed by atoms with Crippen molar-refractivity contribution in [3.8, 4) is 0 Å². The van der Waals surface area contributed by atoms with E-state index in [4.69, 9.17) is 17.2 Å². The first-order valence-corrected chi connectivity index (χ1v) is 6.78. The highest BCUT2D eigenvalue weighted by Gasteiger charge is 2.06. The fourth-order valence-corrected chi connectivity index (χ4v) is 1.51. The van der Waals surface area contributed by atoms with Gasteiger partial charge in [-0.3, -0.25) is 0 Å². The van der Waals surface area contributed by atoms with Crippen molar-refractivity contribution in [2.75, 3.05) is 6.54 Å². The van der Waals surface area contributed by atoms with Gasteiger partial charge in [-0.25, -0.2) is 0 Å². The fraction of sp³-hybridized carbons (Fsp3) is 0.294. The highest BCUT2D eigenvalue weighted by Crippen LogP contribution is 2.18. The third kappa shape index (κ3) is 5.97. The summed E-state index contributed by atoms with van der Waals surface area (Å²) in [6.45, 7) is 4.34. The normalized spacial score (nSPS) is 10.9. The predicted molar refractivity (Wildman–Crippen MR) is 86.2 cm³/mol. The van der Waals surface area contributed by atoms with E-state index < -0.39 is 0 Å². The number of benzene rings is 2. The van der Waals surface area contributed by atoms with Gasteiger partial charge in [0.2, 0.25) is 0 Å². The lowest BCUT2D eigenvalue weighted by atomic mass is 10.00. The van der Waals surface area contributed by atoms with Crippen molar-refractivity contribution >= 4 is 0 Å². The monoisotopic (exact) mass is 271 g/mol. The van der Waals surface area contributed by atoms with E-state index in [1.54, 1.807) is 0 Å². The van der Waals surface area contributed by atoms with Crippen LogP contribution < -0.4 is 17.2 Å². The van der Waals surface area contributed by atoms with Crippen LogP contribution in [0.4, 0.5) is 0 Å². The van der Waals surface area contributed by atoms with Crippen molar-refractivity contribution in [2.45, 2.75) is 25.4 Å². The lowest BCUT2D eigenvalue weighted by molar-refractivity contribution is 0.532. The Kier molecular flexibility index (Phi) is 6.39. The average Bonchev–Trinajstić information content (AvgIpc) is 2.48. The van der Waals surface area contributed by atoms with Crippen LogP contribution in [0.15, 0.2) is 60.7 Å². The highest BCUT2D eigenvalue weighted by atomic mass is 14.8. The second-order valence-corrected chi connectivity index (χ2v) is 5.49. The van der Waals surface area contributed by atoms with Crippen LogP contribution in [0.2, 0.25) is 0 Å². The Hall–Kier alpha value is -1.68. The summed E-state index contributed by atoms with van der Waals surface area (Å²) >= 11 is 0. The summed E-state index contributed by atoms with van der Waals surface area (Å²) in [5.41, 5.74) is 18.8. The number of hydrogen-bond acceptors (Lipinski definition) is 3. The van der Waals surface area contributed by atoms with Crippen LogP contribution in [-0.4, -0.2) is 12.1 Å². The maximum Gasteiger partial charge on any atom is 0.0551 e. The van der Waals surface area contributed by atoms with Gasteiger partial charge in [0.25, 0.3) is 0 Å².